The van der Waals surface area contributed by atoms with Gasteiger partial charge in [0.15, 0.2) is 11.5 Å². The van der Waals surface area contributed by atoms with E-state index >= 15 is 0 Å². The van der Waals surface area contributed by atoms with E-state index in [9.17, 15) is 4.79 Å². The van der Waals surface area contributed by atoms with Gasteiger partial charge in [-0.1, -0.05) is 48.5 Å². The highest BCUT2D eigenvalue weighted by molar-refractivity contribution is 5.85. The topological polar surface area (TPSA) is 59.6 Å². The number of hydrogen-bond donors (Lipinski definition) is 2. The lowest BCUT2D eigenvalue weighted by Gasteiger charge is -2.11. The standard InChI is InChI=1S/C22H24N2O3/c1-26-20-11-10-16(14-21(20)27-2)15-24-22(25)23-13-12-18-8-5-7-17-6-3-4-9-19(17)18/h3-11,14H,12-13,15H2,1-2H3,(H2,23,24,25). The molecule has 0 aliphatic heterocycles. The number of ether oxygens (including phenoxy) is 2. The molecule has 5 heteroatoms. The van der Waals surface area contributed by atoms with Gasteiger partial charge in [-0.2, -0.15) is 0 Å². The molecule has 0 aliphatic carbocycles. The molecular formula is C22H24N2O3. The summed E-state index contributed by atoms with van der Waals surface area (Å²) < 4.78 is 10.5. The van der Waals surface area contributed by atoms with Gasteiger partial charge in [-0.15, -0.1) is 0 Å². The summed E-state index contributed by atoms with van der Waals surface area (Å²) in [6.45, 7) is 0.992. The second-order valence-corrected chi connectivity index (χ2v) is 6.19. The molecular weight excluding hydrogens is 340 g/mol. The van der Waals surface area contributed by atoms with Gasteiger partial charge < -0.3 is 20.1 Å². The van der Waals surface area contributed by atoms with Gasteiger partial charge >= 0.3 is 6.03 Å². The van der Waals surface area contributed by atoms with Crippen LogP contribution >= 0.6 is 0 Å². The SMILES string of the molecule is COc1ccc(CNC(=O)NCCc2cccc3ccccc23)cc1OC. The summed E-state index contributed by atoms with van der Waals surface area (Å²) in [5, 5.41) is 8.22. The first-order valence-electron chi connectivity index (χ1n) is 8.90. The molecule has 3 aromatic rings. The van der Waals surface area contributed by atoms with E-state index in [1.807, 2.05) is 30.3 Å². The maximum Gasteiger partial charge on any atom is 0.315 e. The highest BCUT2D eigenvalue weighted by Gasteiger charge is 2.06. The van der Waals surface area contributed by atoms with E-state index in [2.05, 4.69) is 41.0 Å². The van der Waals surface area contributed by atoms with Gasteiger partial charge in [-0.3, -0.25) is 0 Å². The minimum atomic E-state index is -0.190. The average molecular weight is 364 g/mol. The van der Waals surface area contributed by atoms with Crippen molar-refractivity contribution in [2.75, 3.05) is 20.8 Å². The quantitative estimate of drug-likeness (QED) is 0.668. The van der Waals surface area contributed by atoms with E-state index in [1.165, 1.54) is 16.3 Å². The van der Waals surface area contributed by atoms with Crippen LogP contribution in [0.25, 0.3) is 10.8 Å². The van der Waals surface area contributed by atoms with Crippen molar-refractivity contribution in [2.45, 2.75) is 13.0 Å². The summed E-state index contributed by atoms with van der Waals surface area (Å²) >= 11 is 0. The second kappa shape index (κ2) is 8.94. The van der Waals surface area contributed by atoms with Crippen LogP contribution in [0.1, 0.15) is 11.1 Å². The smallest absolute Gasteiger partial charge is 0.315 e. The summed E-state index contributed by atoms with van der Waals surface area (Å²) in [5.74, 6) is 1.31. The fourth-order valence-electron chi connectivity index (χ4n) is 3.06. The minimum absolute atomic E-state index is 0.190. The molecule has 0 aromatic heterocycles. The van der Waals surface area contributed by atoms with Crippen molar-refractivity contribution >= 4 is 16.8 Å². The van der Waals surface area contributed by atoms with Crippen molar-refractivity contribution in [1.29, 1.82) is 0 Å². The van der Waals surface area contributed by atoms with E-state index in [-0.39, 0.29) is 6.03 Å². The van der Waals surface area contributed by atoms with E-state index in [1.54, 1.807) is 14.2 Å². The fraction of sp³-hybridized carbons (Fsp3) is 0.227. The number of amides is 2. The number of hydrogen-bond acceptors (Lipinski definition) is 3. The molecule has 2 amide bonds. The Balaban J connectivity index is 1.50. The Labute approximate surface area is 159 Å². The van der Waals surface area contributed by atoms with E-state index in [4.69, 9.17) is 9.47 Å². The Kier molecular flexibility index (Phi) is 6.15. The van der Waals surface area contributed by atoms with E-state index in [0.29, 0.717) is 24.6 Å². The molecule has 0 spiro atoms. The van der Waals surface area contributed by atoms with Crippen LogP contribution in [0, 0.1) is 0 Å². The van der Waals surface area contributed by atoms with Crippen LogP contribution in [0.2, 0.25) is 0 Å². The summed E-state index contributed by atoms with van der Waals surface area (Å²) in [6.07, 6.45) is 0.783. The first kappa shape index (κ1) is 18.6. The monoisotopic (exact) mass is 364 g/mol. The molecule has 0 bridgehead atoms. The Morgan fingerprint density at radius 3 is 2.48 bits per heavy atom. The lowest BCUT2D eigenvalue weighted by atomic mass is 10.0. The molecule has 2 N–H and O–H groups in total. The first-order chi connectivity index (χ1) is 13.2. The van der Waals surface area contributed by atoms with Gasteiger partial charge in [-0.05, 0) is 40.5 Å². The second-order valence-electron chi connectivity index (χ2n) is 6.19. The molecule has 0 atom stereocenters. The zero-order valence-corrected chi connectivity index (χ0v) is 15.6. The molecule has 0 saturated heterocycles. The number of methoxy groups -OCH3 is 2. The van der Waals surface area contributed by atoms with Gasteiger partial charge in [0.25, 0.3) is 0 Å². The molecule has 0 aliphatic rings. The lowest BCUT2D eigenvalue weighted by molar-refractivity contribution is 0.240. The Morgan fingerprint density at radius 2 is 1.67 bits per heavy atom. The summed E-state index contributed by atoms with van der Waals surface area (Å²) in [7, 11) is 3.19. The average Bonchev–Trinajstić information content (AvgIpc) is 2.72. The summed E-state index contributed by atoms with van der Waals surface area (Å²) in [6, 6.07) is 19.9. The number of rotatable bonds is 7. The molecule has 0 fully saturated rings. The molecule has 27 heavy (non-hydrogen) atoms. The zero-order valence-electron chi connectivity index (χ0n) is 15.6. The largest absolute Gasteiger partial charge is 0.493 e. The Bertz CT molecular complexity index is 919. The molecule has 0 unspecified atom stereocenters. The molecule has 0 saturated carbocycles. The van der Waals surface area contributed by atoms with Crippen LogP contribution in [-0.4, -0.2) is 26.8 Å². The number of fused-ring (bicyclic) bond motifs is 1. The van der Waals surface area contributed by atoms with Gasteiger partial charge in [0.05, 0.1) is 14.2 Å². The normalized spacial score (nSPS) is 10.4. The van der Waals surface area contributed by atoms with Crippen molar-refractivity contribution in [3.05, 3.63) is 71.8 Å². The van der Waals surface area contributed by atoms with Gasteiger partial charge in [0, 0.05) is 13.1 Å². The minimum Gasteiger partial charge on any atom is -0.493 e. The van der Waals surface area contributed by atoms with Crippen LogP contribution < -0.4 is 20.1 Å². The van der Waals surface area contributed by atoms with Gasteiger partial charge in [-0.25, -0.2) is 4.79 Å². The number of nitrogens with one attached hydrogen (secondary N) is 2. The van der Waals surface area contributed by atoms with Crippen LogP contribution in [0.3, 0.4) is 0 Å². The van der Waals surface area contributed by atoms with Crippen LogP contribution in [0.5, 0.6) is 11.5 Å². The molecule has 140 valence electrons. The number of benzene rings is 3. The highest BCUT2D eigenvalue weighted by Crippen LogP contribution is 2.27. The predicted molar refractivity (Wildman–Crippen MR) is 107 cm³/mol. The maximum atomic E-state index is 12.1. The Morgan fingerprint density at radius 1 is 0.889 bits per heavy atom. The van der Waals surface area contributed by atoms with E-state index in [0.717, 1.165) is 12.0 Å². The van der Waals surface area contributed by atoms with E-state index < -0.39 is 0 Å². The fourth-order valence-corrected chi connectivity index (χ4v) is 3.06. The van der Waals surface area contributed by atoms with Gasteiger partial charge in [0.2, 0.25) is 0 Å². The molecule has 5 nitrogen and oxygen atoms in total. The molecule has 3 rings (SSSR count). The van der Waals surface area contributed by atoms with Crippen molar-refractivity contribution in [3.8, 4) is 11.5 Å². The van der Waals surface area contributed by atoms with Crippen molar-refractivity contribution < 1.29 is 14.3 Å². The number of urea groups is 1. The van der Waals surface area contributed by atoms with Gasteiger partial charge in [0.1, 0.15) is 0 Å². The number of carbonyl (C=O) groups excluding carboxylic acids is 1. The molecule has 0 heterocycles. The highest BCUT2D eigenvalue weighted by atomic mass is 16.5. The van der Waals surface area contributed by atoms with Crippen molar-refractivity contribution in [3.63, 3.8) is 0 Å². The van der Waals surface area contributed by atoms with Crippen molar-refractivity contribution in [1.82, 2.24) is 10.6 Å². The third-order valence-electron chi connectivity index (χ3n) is 4.46. The Hall–Kier alpha value is -3.21. The third-order valence-corrected chi connectivity index (χ3v) is 4.46. The first-order valence-corrected chi connectivity index (χ1v) is 8.90. The summed E-state index contributed by atoms with van der Waals surface area (Å²) in [5.41, 5.74) is 2.17. The van der Waals surface area contributed by atoms with Crippen LogP contribution in [-0.2, 0) is 13.0 Å². The molecule has 3 aromatic carbocycles. The third kappa shape index (κ3) is 4.70. The van der Waals surface area contributed by atoms with Crippen molar-refractivity contribution in [2.24, 2.45) is 0 Å². The lowest BCUT2D eigenvalue weighted by Crippen LogP contribution is -2.36. The van der Waals surface area contributed by atoms with Crippen LogP contribution in [0.15, 0.2) is 60.7 Å². The molecule has 0 radical (unpaired) electrons. The van der Waals surface area contributed by atoms with Crippen LogP contribution in [0.4, 0.5) is 4.79 Å². The predicted octanol–water partition coefficient (Wildman–Crippen LogP) is 3.90. The summed E-state index contributed by atoms with van der Waals surface area (Å²) in [4.78, 5) is 12.1. The number of carbonyl (C=O) groups is 1. The maximum absolute atomic E-state index is 12.1. The zero-order chi connectivity index (χ0) is 19.1.